The molecule has 3 nitrogen and oxygen atoms in total. The summed E-state index contributed by atoms with van der Waals surface area (Å²) >= 11 is 6.00. The van der Waals surface area contributed by atoms with Crippen LogP contribution in [0.25, 0.3) is 6.08 Å². The minimum absolute atomic E-state index is 0.588. The Morgan fingerprint density at radius 3 is 2.63 bits per heavy atom. The number of hydrogen-bond donors (Lipinski definition) is 1. The molecule has 1 aromatic carbocycles. The number of hydrogen-bond acceptors (Lipinski definition) is 3. The third kappa shape index (κ3) is 3.66. The zero-order valence-electron chi connectivity index (χ0n) is 10.3. The maximum atomic E-state index is 8.09. The lowest BCUT2D eigenvalue weighted by Gasteiger charge is -2.03. The first-order chi connectivity index (χ1) is 9.20. The number of nitrogens with one attached hydrogen (secondary N) is 1. The summed E-state index contributed by atoms with van der Waals surface area (Å²) in [6.07, 6.45) is 3.46. The molecule has 98 valence electrons. The van der Waals surface area contributed by atoms with Crippen LogP contribution in [0.2, 0.25) is 5.02 Å². The highest BCUT2D eigenvalue weighted by molar-refractivity contribution is 7.89. The van der Waals surface area contributed by atoms with Crippen molar-refractivity contribution in [3.05, 3.63) is 58.7 Å². The molecule has 1 atom stereocenters. The normalized spacial score (nSPS) is 12.5. The van der Waals surface area contributed by atoms with E-state index in [1.807, 2.05) is 24.3 Å². The SMILES string of the molecule is COc1ccc(S(=N)/C=C/c2ncccc2Cl)cc1. The van der Waals surface area contributed by atoms with Crippen LogP contribution in [0.1, 0.15) is 5.69 Å². The molecule has 2 rings (SSSR count). The zero-order chi connectivity index (χ0) is 13.7. The zero-order valence-corrected chi connectivity index (χ0v) is 11.9. The second kappa shape index (κ2) is 6.50. The fraction of sp³-hybridized carbons (Fsp3) is 0.0714. The van der Waals surface area contributed by atoms with Gasteiger partial charge in [0.25, 0.3) is 0 Å². The Hall–Kier alpha value is -1.65. The summed E-state index contributed by atoms with van der Waals surface area (Å²) in [5.41, 5.74) is 0.683. The molecule has 1 unspecified atom stereocenters. The van der Waals surface area contributed by atoms with E-state index < -0.39 is 10.7 Å². The van der Waals surface area contributed by atoms with Crippen LogP contribution in [0.4, 0.5) is 0 Å². The average molecular weight is 293 g/mol. The third-order valence-corrected chi connectivity index (χ3v) is 3.97. The first-order valence-corrected chi connectivity index (χ1v) is 7.24. The summed E-state index contributed by atoms with van der Waals surface area (Å²) in [5.74, 6) is 0.789. The maximum Gasteiger partial charge on any atom is 0.118 e. The standard InChI is InChI=1S/C14H13ClN2OS/c1-18-11-4-6-12(7-5-11)19(16)10-8-14-13(15)3-2-9-17-14/h2-10,16H,1H3/b10-8+. The lowest BCUT2D eigenvalue weighted by molar-refractivity contribution is 0.414. The van der Waals surface area contributed by atoms with Crippen molar-refractivity contribution in [1.82, 2.24) is 4.98 Å². The van der Waals surface area contributed by atoms with Gasteiger partial charge in [0.05, 0.1) is 17.8 Å². The van der Waals surface area contributed by atoms with E-state index in [-0.39, 0.29) is 0 Å². The van der Waals surface area contributed by atoms with E-state index in [4.69, 9.17) is 21.1 Å². The van der Waals surface area contributed by atoms with Gasteiger partial charge in [-0.05, 0) is 58.6 Å². The summed E-state index contributed by atoms with van der Waals surface area (Å²) in [6.45, 7) is 0. The molecule has 1 aromatic heterocycles. The van der Waals surface area contributed by atoms with Gasteiger partial charge in [-0.1, -0.05) is 11.6 Å². The predicted octanol–water partition coefficient (Wildman–Crippen LogP) is 4.15. The number of pyridine rings is 1. The number of rotatable bonds is 4. The molecule has 0 bridgehead atoms. The molecule has 1 heterocycles. The van der Waals surface area contributed by atoms with Crippen molar-refractivity contribution in [3.63, 3.8) is 0 Å². The van der Waals surface area contributed by atoms with Gasteiger partial charge in [-0.15, -0.1) is 0 Å². The molecule has 0 radical (unpaired) electrons. The van der Waals surface area contributed by atoms with Crippen molar-refractivity contribution in [2.45, 2.75) is 4.90 Å². The van der Waals surface area contributed by atoms with Gasteiger partial charge in [0.2, 0.25) is 0 Å². The van der Waals surface area contributed by atoms with Gasteiger partial charge >= 0.3 is 0 Å². The van der Waals surface area contributed by atoms with Crippen LogP contribution >= 0.6 is 11.6 Å². The second-order valence-electron chi connectivity index (χ2n) is 3.69. The van der Waals surface area contributed by atoms with Crippen molar-refractivity contribution in [2.75, 3.05) is 7.11 Å². The van der Waals surface area contributed by atoms with Gasteiger partial charge in [-0.25, -0.2) is 0 Å². The predicted molar refractivity (Wildman–Crippen MR) is 79.6 cm³/mol. The molecule has 0 fully saturated rings. The van der Waals surface area contributed by atoms with Crippen LogP contribution in [0, 0.1) is 4.78 Å². The van der Waals surface area contributed by atoms with E-state index >= 15 is 0 Å². The second-order valence-corrected chi connectivity index (χ2v) is 5.51. The van der Waals surface area contributed by atoms with Gasteiger partial charge < -0.3 is 4.74 Å². The van der Waals surface area contributed by atoms with Gasteiger partial charge in [-0.2, -0.15) is 0 Å². The Bertz CT molecular complexity index is 611. The fourth-order valence-corrected chi connectivity index (χ4v) is 2.49. The van der Waals surface area contributed by atoms with Gasteiger partial charge in [-0.3, -0.25) is 9.76 Å². The van der Waals surface area contributed by atoms with Crippen molar-refractivity contribution in [2.24, 2.45) is 0 Å². The Morgan fingerprint density at radius 2 is 2.00 bits per heavy atom. The average Bonchev–Trinajstić information content (AvgIpc) is 2.46. The molecule has 0 aliphatic carbocycles. The summed E-state index contributed by atoms with van der Waals surface area (Å²) < 4.78 is 13.2. The van der Waals surface area contributed by atoms with Crippen LogP contribution in [0.3, 0.4) is 0 Å². The number of methoxy groups -OCH3 is 1. The van der Waals surface area contributed by atoms with Gasteiger partial charge in [0, 0.05) is 11.1 Å². The molecule has 0 amide bonds. The number of nitrogens with zero attached hydrogens (tertiary/aromatic N) is 1. The maximum absolute atomic E-state index is 8.09. The Labute approximate surface area is 119 Å². The largest absolute Gasteiger partial charge is 0.497 e. The molecular formula is C14H13ClN2OS. The minimum Gasteiger partial charge on any atom is -0.497 e. The third-order valence-electron chi connectivity index (χ3n) is 2.46. The number of benzene rings is 1. The molecule has 0 saturated carbocycles. The molecule has 1 N–H and O–H groups in total. The molecule has 19 heavy (non-hydrogen) atoms. The highest BCUT2D eigenvalue weighted by Crippen LogP contribution is 2.18. The summed E-state index contributed by atoms with van der Waals surface area (Å²) in [6, 6.07) is 11.0. The quantitative estimate of drug-likeness (QED) is 0.920. The molecule has 0 aliphatic rings. The van der Waals surface area contributed by atoms with E-state index in [2.05, 4.69) is 4.98 Å². The van der Waals surface area contributed by atoms with Crippen LogP contribution in [-0.4, -0.2) is 12.1 Å². The molecular weight excluding hydrogens is 280 g/mol. The minimum atomic E-state index is -0.737. The van der Waals surface area contributed by atoms with Crippen LogP contribution in [0.15, 0.2) is 52.9 Å². The van der Waals surface area contributed by atoms with Crippen molar-refractivity contribution in [3.8, 4) is 5.75 Å². The van der Waals surface area contributed by atoms with E-state index in [0.29, 0.717) is 10.7 Å². The van der Waals surface area contributed by atoms with E-state index in [0.717, 1.165) is 10.6 Å². The van der Waals surface area contributed by atoms with E-state index in [1.165, 1.54) is 0 Å². The Kier molecular flexibility index (Phi) is 4.71. The highest BCUT2D eigenvalue weighted by Gasteiger charge is 1.99. The molecule has 0 aliphatic heterocycles. The summed E-state index contributed by atoms with van der Waals surface area (Å²) in [4.78, 5) is 5.07. The monoisotopic (exact) mass is 292 g/mol. The van der Waals surface area contributed by atoms with Gasteiger partial charge in [0.15, 0.2) is 0 Å². The topological polar surface area (TPSA) is 46.0 Å². The molecule has 2 aromatic rings. The molecule has 0 spiro atoms. The van der Waals surface area contributed by atoms with Crippen LogP contribution in [-0.2, 0) is 10.7 Å². The highest BCUT2D eigenvalue weighted by atomic mass is 35.5. The Morgan fingerprint density at radius 1 is 1.26 bits per heavy atom. The lowest BCUT2D eigenvalue weighted by atomic mass is 10.3. The number of aromatic nitrogens is 1. The molecule has 5 heteroatoms. The van der Waals surface area contributed by atoms with Gasteiger partial charge in [0.1, 0.15) is 5.75 Å². The van der Waals surface area contributed by atoms with Crippen molar-refractivity contribution >= 4 is 28.4 Å². The fourth-order valence-electron chi connectivity index (χ4n) is 1.45. The number of halogens is 1. The van der Waals surface area contributed by atoms with Crippen molar-refractivity contribution in [1.29, 1.82) is 4.78 Å². The summed E-state index contributed by atoms with van der Waals surface area (Å²) in [7, 11) is 0.886. The smallest absolute Gasteiger partial charge is 0.118 e. The first kappa shape index (κ1) is 13.8. The van der Waals surface area contributed by atoms with E-state index in [1.54, 1.807) is 36.9 Å². The first-order valence-electron chi connectivity index (χ1n) is 5.58. The van der Waals surface area contributed by atoms with E-state index in [9.17, 15) is 0 Å². The molecule has 0 saturated heterocycles. The van der Waals surface area contributed by atoms with Crippen molar-refractivity contribution < 1.29 is 4.74 Å². The summed E-state index contributed by atoms with van der Waals surface area (Å²) in [5, 5.41) is 2.38. The lowest BCUT2D eigenvalue weighted by Crippen LogP contribution is -1.87. The van der Waals surface area contributed by atoms with Crippen LogP contribution < -0.4 is 4.74 Å². The Balaban J connectivity index is 2.14. The number of ether oxygens (including phenoxy) is 1. The van der Waals surface area contributed by atoms with Crippen LogP contribution in [0.5, 0.6) is 5.75 Å².